The monoisotopic (exact) mass is 524 g/mol. The summed E-state index contributed by atoms with van der Waals surface area (Å²) in [6.45, 7) is 20.2. The molecule has 0 radical (unpaired) electrons. The first-order valence-corrected chi connectivity index (χ1v) is 12.5. The van der Waals surface area contributed by atoms with E-state index in [1.165, 1.54) is 0 Å². The van der Waals surface area contributed by atoms with Gasteiger partial charge in [-0.1, -0.05) is 63.3 Å². The smallest absolute Gasteiger partial charge is 0.162 e. The maximum absolute atomic E-state index is 10.9. The van der Waals surface area contributed by atoms with Gasteiger partial charge in [-0.15, -0.1) is 0 Å². The van der Waals surface area contributed by atoms with E-state index in [1.807, 2.05) is 30.3 Å². The molecule has 4 rings (SSSR count). The van der Waals surface area contributed by atoms with Crippen LogP contribution < -0.4 is 23.7 Å². The summed E-state index contributed by atoms with van der Waals surface area (Å²) < 4.78 is 29.7. The molecule has 0 fully saturated rings. The molecular weight excluding hydrogens is 492 g/mol. The number of phenolic OH excluding ortho intramolecular Hbond substituents is 1. The van der Waals surface area contributed by atoms with E-state index in [0.717, 1.165) is 32.3 Å². The maximum Gasteiger partial charge on any atom is 0.162 e. The average molecular weight is 525 g/mol. The van der Waals surface area contributed by atoms with Gasteiger partial charge in [-0.3, -0.25) is 0 Å². The Labute approximate surface area is 228 Å². The van der Waals surface area contributed by atoms with Crippen LogP contribution in [-0.4, -0.2) is 38.1 Å². The zero-order valence-electron chi connectivity index (χ0n) is 21.9. The molecule has 0 saturated carbocycles. The van der Waals surface area contributed by atoms with Crippen LogP contribution in [0.1, 0.15) is 0 Å². The van der Waals surface area contributed by atoms with Gasteiger partial charge in [0.15, 0.2) is 34.5 Å². The van der Waals surface area contributed by atoms with Crippen LogP contribution in [0, 0.1) is 0 Å². The van der Waals surface area contributed by atoms with Crippen LogP contribution in [0.3, 0.4) is 0 Å². The molecule has 0 aliphatic rings. The van der Waals surface area contributed by atoms with Crippen molar-refractivity contribution in [3.63, 3.8) is 0 Å². The highest BCUT2D eigenvalue weighted by molar-refractivity contribution is 6.26. The predicted molar refractivity (Wildman–Crippen MR) is 159 cm³/mol. The first kappa shape index (κ1) is 27.2. The Kier molecular flexibility index (Phi) is 8.79. The molecule has 0 bridgehead atoms. The number of rotatable bonds is 15. The van der Waals surface area contributed by atoms with Crippen molar-refractivity contribution in [3.8, 4) is 34.5 Å². The molecule has 1 N–H and O–H groups in total. The second-order valence-corrected chi connectivity index (χ2v) is 8.55. The lowest BCUT2D eigenvalue weighted by molar-refractivity contribution is 0.309. The first-order valence-electron chi connectivity index (χ1n) is 12.5. The van der Waals surface area contributed by atoms with E-state index in [-0.39, 0.29) is 12.4 Å². The summed E-state index contributed by atoms with van der Waals surface area (Å²) in [5.74, 6) is 2.58. The lowest BCUT2D eigenvalue weighted by atomic mass is 9.93. The Morgan fingerprint density at radius 3 is 0.923 bits per heavy atom. The third-order valence-electron chi connectivity index (χ3n) is 5.92. The maximum atomic E-state index is 10.9. The number of benzene rings is 4. The van der Waals surface area contributed by atoms with E-state index in [1.54, 1.807) is 36.4 Å². The molecule has 6 nitrogen and oxygen atoms in total. The van der Waals surface area contributed by atoms with Crippen LogP contribution in [0.15, 0.2) is 99.7 Å². The van der Waals surface area contributed by atoms with Gasteiger partial charge < -0.3 is 28.8 Å². The van der Waals surface area contributed by atoms with Gasteiger partial charge in [0, 0.05) is 0 Å². The third-order valence-corrected chi connectivity index (χ3v) is 5.92. The Morgan fingerprint density at radius 1 is 0.410 bits per heavy atom. The molecule has 0 heterocycles. The lowest BCUT2D eigenvalue weighted by Crippen LogP contribution is -2.01. The largest absolute Gasteiger partial charge is 0.504 e. The lowest BCUT2D eigenvalue weighted by Gasteiger charge is -2.19. The molecule has 0 aliphatic heterocycles. The van der Waals surface area contributed by atoms with E-state index in [4.69, 9.17) is 23.7 Å². The fourth-order valence-corrected chi connectivity index (χ4v) is 4.34. The van der Waals surface area contributed by atoms with Crippen molar-refractivity contribution in [2.45, 2.75) is 0 Å². The highest BCUT2D eigenvalue weighted by Crippen LogP contribution is 2.46. The first-order chi connectivity index (χ1) is 19.1. The molecule has 0 saturated heterocycles. The van der Waals surface area contributed by atoms with E-state index < -0.39 is 0 Å². The van der Waals surface area contributed by atoms with Crippen LogP contribution in [0.4, 0.5) is 0 Å². The van der Waals surface area contributed by atoms with Gasteiger partial charge in [0.2, 0.25) is 0 Å². The predicted octanol–water partition coefficient (Wildman–Crippen LogP) is 7.68. The van der Waals surface area contributed by atoms with Crippen LogP contribution >= 0.6 is 0 Å². The Balaban J connectivity index is 2.14. The summed E-state index contributed by atoms with van der Waals surface area (Å²) in [5, 5.41) is 16.0. The summed E-state index contributed by atoms with van der Waals surface area (Å²) in [6, 6.07) is 11.2. The number of ether oxygens (including phenoxy) is 5. The minimum atomic E-state index is 0.0135. The SMILES string of the molecule is C=CCOc1cc2c(cc1O)c1cc(OCC=C)c(OCC=C)cc1c1cc(OCC=C)c(OCC=C)cc21. The molecule has 200 valence electrons. The van der Waals surface area contributed by atoms with Gasteiger partial charge in [0.1, 0.15) is 33.0 Å². The number of hydrogen-bond donors (Lipinski definition) is 1. The topological polar surface area (TPSA) is 66.4 Å². The van der Waals surface area contributed by atoms with Gasteiger partial charge in [-0.05, 0) is 68.7 Å². The molecule has 0 amide bonds. The second kappa shape index (κ2) is 12.6. The molecule has 0 aromatic heterocycles. The van der Waals surface area contributed by atoms with Gasteiger partial charge >= 0.3 is 0 Å². The van der Waals surface area contributed by atoms with Crippen molar-refractivity contribution in [2.24, 2.45) is 0 Å². The Morgan fingerprint density at radius 2 is 0.641 bits per heavy atom. The zero-order valence-corrected chi connectivity index (χ0v) is 21.9. The van der Waals surface area contributed by atoms with Crippen LogP contribution in [0.2, 0.25) is 0 Å². The Hall–Kier alpha value is -4.84. The van der Waals surface area contributed by atoms with Gasteiger partial charge in [0.05, 0.1) is 0 Å². The number of fused-ring (bicyclic) bond motifs is 6. The van der Waals surface area contributed by atoms with E-state index >= 15 is 0 Å². The minimum absolute atomic E-state index is 0.0135. The molecule has 39 heavy (non-hydrogen) atoms. The standard InChI is InChI=1S/C33H32O6/c1-6-11-35-29-17-23-22(16-28(29)34)24-18-30(36-12-7-2)32(38-14-9-4)20-26(24)27-21-33(39-15-10-5)31(19-25(23)27)37-13-8-3/h6-10,16-21,34H,1-5,11-15H2. The summed E-state index contributed by atoms with van der Waals surface area (Å²) in [5.41, 5.74) is 0. The quantitative estimate of drug-likeness (QED) is 0.127. The van der Waals surface area contributed by atoms with Gasteiger partial charge in [0.25, 0.3) is 0 Å². The highest BCUT2D eigenvalue weighted by atomic mass is 16.5. The number of hydrogen-bond acceptors (Lipinski definition) is 6. The molecule has 0 aliphatic carbocycles. The van der Waals surface area contributed by atoms with Crippen molar-refractivity contribution in [1.29, 1.82) is 0 Å². The van der Waals surface area contributed by atoms with Crippen molar-refractivity contribution in [3.05, 3.63) is 99.7 Å². The molecule has 0 unspecified atom stereocenters. The minimum Gasteiger partial charge on any atom is -0.504 e. The van der Waals surface area contributed by atoms with Crippen LogP contribution in [-0.2, 0) is 0 Å². The van der Waals surface area contributed by atoms with Crippen molar-refractivity contribution in [2.75, 3.05) is 33.0 Å². The molecule has 0 spiro atoms. The van der Waals surface area contributed by atoms with E-state index in [0.29, 0.717) is 55.2 Å². The number of aromatic hydroxyl groups is 1. The third kappa shape index (κ3) is 5.70. The zero-order chi connectivity index (χ0) is 27.8. The number of phenols is 1. The van der Waals surface area contributed by atoms with E-state index in [9.17, 15) is 5.11 Å². The van der Waals surface area contributed by atoms with Gasteiger partial charge in [-0.2, -0.15) is 0 Å². The summed E-state index contributed by atoms with van der Waals surface area (Å²) >= 11 is 0. The van der Waals surface area contributed by atoms with Crippen molar-refractivity contribution >= 4 is 32.3 Å². The molecular formula is C33H32O6. The van der Waals surface area contributed by atoms with Gasteiger partial charge in [-0.25, -0.2) is 0 Å². The van der Waals surface area contributed by atoms with Crippen molar-refractivity contribution in [1.82, 2.24) is 0 Å². The average Bonchev–Trinajstić information content (AvgIpc) is 2.95. The highest BCUT2D eigenvalue weighted by Gasteiger charge is 2.19. The normalized spacial score (nSPS) is 10.7. The van der Waals surface area contributed by atoms with E-state index in [2.05, 4.69) is 32.9 Å². The molecule has 4 aromatic carbocycles. The summed E-state index contributed by atoms with van der Waals surface area (Å²) in [4.78, 5) is 0. The Bertz CT molecular complexity index is 1520. The van der Waals surface area contributed by atoms with Crippen LogP contribution in [0.5, 0.6) is 34.5 Å². The fraction of sp³-hybridized carbons (Fsp3) is 0.152. The second-order valence-electron chi connectivity index (χ2n) is 8.55. The molecule has 6 heteroatoms. The fourth-order valence-electron chi connectivity index (χ4n) is 4.34. The summed E-state index contributed by atoms with van der Waals surface area (Å²) in [6.07, 6.45) is 8.32. The molecule has 4 aromatic rings. The molecule has 0 atom stereocenters. The van der Waals surface area contributed by atoms with Crippen molar-refractivity contribution < 1.29 is 28.8 Å². The van der Waals surface area contributed by atoms with Crippen LogP contribution in [0.25, 0.3) is 32.3 Å². The summed E-state index contributed by atoms with van der Waals surface area (Å²) in [7, 11) is 0.